The van der Waals surface area contributed by atoms with Crippen molar-refractivity contribution in [2.45, 2.75) is 0 Å². The van der Waals surface area contributed by atoms with Crippen LogP contribution in [0.5, 0.6) is 0 Å². The predicted molar refractivity (Wildman–Crippen MR) is 101 cm³/mol. The highest BCUT2D eigenvalue weighted by Crippen LogP contribution is 2.09. The average Bonchev–Trinajstić information content (AvgIpc) is 2.70. The molecular weight excluding hydrogens is 328 g/mol. The molecule has 7 nitrogen and oxygen atoms in total. The van der Waals surface area contributed by atoms with Crippen LogP contribution in [0.2, 0.25) is 0 Å². The molecule has 0 saturated carbocycles. The molecule has 0 saturated heterocycles. The summed E-state index contributed by atoms with van der Waals surface area (Å²) in [6.07, 6.45) is 6.46. The highest BCUT2D eigenvalue weighted by Gasteiger charge is 2.03. The first-order valence-electron chi connectivity index (χ1n) is 7.86. The Hall–Kier alpha value is -3.87. The zero-order valence-corrected chi connectivity index (χ0v) is 13.8. The van der Waals surface area contributed by atoms with E-state index in [-0.39, 0.29) is 5.91 Å². The molecule has 0 atom stereocenters. The first-order valence-corrected chi connectivity index (χ1v) is 7.86. The van der Waals surface area contributed by atoms with Gasteiger partial charge in [-0.05, 0) is 48.5 Å². The van der Waals surface area contributed by atoms with Crippen LogP contribution in [-0.4, -0.2) is 28.3 Å². The van der Waals surface area contributed by atoms with Crippen LogP contribution < -0.4 is 10.9 Å². The number of hydrogen-bond acceptors (Lipinski definition) is 6. The molecule has 0 aliphatic heterocycles. The lowest BCUT2D eigenvalue weighted by Gasteiger charge is -2.02. The van der Waals surface area contributed by atoms with Crippen LogP contribution in [-0.2, 0) is 0 Å². The zero-order chi connectivity index (χ0) is 18.0. The van der Waals surface area contributed by atoms with Crippen LogP contribution in [0.15, 0.2) is 83.3 Å². The summed E-state index contributed by atoms with van der Waals surface area (Å²) in [5.74, 6) is -0.305. The van der Waals surface area contributed by atoms with Gasteiger partial charge in [-0.1, -0.05) is 12.1 Å². The number of rotatable bonds is 6. The van der Waals surface area contributed by atoms with Crippen molar-refractivity contribution in [3.8, 4) is 0 Å². The van der Waals surface area contributed by atoms with E-state index >= 15 is 0 Å². The number of amides is 1. The third kappa shape index (κ3) is 5.07. The van der Waals surface area contributed by atoms with Gasteiger partial charge in [0.05, 0.1) is 29.5 Å². The van der Waals surface area contributed by atoms with Gasteiger partial charge in [-0.3, -0.25) is 20.2 Å². The van der Waals surface area contributed by atoms with E-state index in [1.54, 1.807) is 48.9 Å². The fraction of sp³-hybridized carbons (Fsp3) is 0. The van der Waals surface area contributed by atoms with Crippen LogP contribution >= 0.6 is 0 Å². The lowest BCUT2D eigenvalue weighted by molar-refractivity contribution is 0.0955. The predicted octanol–water partition coefficient (Wildman–Crippen LogP) is 2.69. The normalized spacial score (nSPS) is 10.9. The van der Waals surface area contributed by atoms with Gasteiger partial charge in [0.1, 0.15) is 0 Å². The summed E-state index contributed by atoms with van der Waals surface area (Å²) in [7, 11) is 0. The third-order valence-corrected chi connectivity index (χ3v) is 3.28. The largest absolute Gasteiger partial charge is 0.278 e. The minimum atomic E-state index is -0.305. The Balaban J connectivity index is 1.52. The molecule has 0 spiro atoms. The van der Waals surface area contributed by atoms with Crippen LogP contribution in [0.1, 0.15) is 21.7 Å². The van der Waals surface area contributed by atoms with E-state index in [1.807, 2.05) is 30.3 Å². The van der Waals surface area contributed by atoms with Gasteiger partial charge in [0.25, 0.3) is 5.91 Å². The molecule has 1 amide bonds. The number of carbonyl (C=O) groups is 1. The van der Waals surface area contributed by atoms with Gasteiger partial charge in [0, 0.05) is 18.0 Å². The van der Waals surface area contributed by atoms with Crippen molar-refractivity contribution in [3.05, 3.63) is 90.0 Å². The molecule has 128 valence electrons. The quantitative estimate of drug-likeness (QED) is 0.531. The fourth-order valence-corrected chi connectivity index (χ4v) is 2.00. The summed E-state index contributed by atoms with van der Waals surface area (Å²) >= 11 is 0. The molecule has 26 heavy (non-hydrogen) atoms. The molecule has 0 unspecified atom stereocenters. The van der Waals surface area contributed by atoms with Crippen LogP contribution in [0.25, 0.3) is 0 Å². The number of anilines is 1. The van der Waals surface area contributed by atoms with Gasteiger partial charge in [-0.2, -0.15) is 10.2 Å². The van der Waals surface area contributed by atoms with Gasteiger partial charge in [0.2, 0.25) is 0 Å². The Kier molecular flexibility index (Phi) is 5.77. The molecule has 1 aromatic carbocycles. The number of pyridine rings is 2. The SMILES string of the molecule is O=C(NN=Cc1ccccn1)c1ccc(NN=Cc2ccccn2)cc1. The van der Waals surface area contributed by atoms with Crippen molar-refractivity contribution in [2.24, 2.45) is 10.2 Å². The maximum Gasteiger partial charge on any atom is 0.271 e. The summed E-state index contributed by atoms with van der Waals surface area (Å²) in [6, 6.07) is 17.9. The zero-order valence-electron chi connectivity index (χ0n) is 13.8. The first-order chi connectivity index (χ1) is 12.8. The van der Waals surface area contributed by atoms with Crippen LogP contribution in [0.4, 0.5) is 5.69 Å². The monoisotopic (exact) mass is 344 g/mol. The van der Waals surface area contributed by atoms with Gasteiger partial charge in [0.15, 0.2) is 0 Å². The van der Waals surface area contributed by atoms with Gasteiger partial charge in [-0.15, -0.1) is 0 Å². The second-order valence-electron chi connectivity index (χ2n) is 5.16. The summed E-state index contributed by atoms with van der Waals surface area (Å²) in [6.45, 7) is 0. The lowest BCUT2D eigenvalue weighted by atomic mass is 10.2. The van der Waals surface area contributed by atoms with E-state index in [0.29, 0.717) is 11.3 Å². The van der Waals surface area contributed by atoms with Gasteiger partial charge in [-0.25, -0.2) is 5.43 Å². The first kappa shape index (κ1) is 17.0. The number of carbonyl (C=O) groups excluding carboxylic acids is 1. The highest BCUT2D eigenvalue weighted by molar-refractivity contribution is 5.95. The van der Waals surface area contributed by atoms with Crippen molar-refractivity contribution in [3.63, 3.8) is 0 Å². The fourth-order valence-electron chi connectivity index (χ4n) is 2.00. The maximum absolute atomic E-state index is 12.0. The molecule has 0 bridgehead atoms. The van der Waals surface area contributed by atoms with Gasteiger partial charge >= 0.3 is 0 Å². The number of hydrazone groups is 2. The van der Waals surface area contributed by atoms with E-state index < -0.39 is 0 Å². The van der Waals surface area contributed by atoms with E-state index in [9.17, 15) is 4.79 Å². The summed E-state index contributed by atoms with van der Waals surface area (Å²) in [4.78, 5) is 20.3. The molecule has 2 aromatic heterocycles. The molecule has 0 aliphatic carbocycles. The molecule has 0 fully saturated rings. The second kappa shape index (κ2) is 8.84. The number of nitrogens with one attached hydrogen (secondary N) is 2. The van der Waals surface area contributed by atoms with E-state index in [2.05, 4.69) is 31.0 Å². The Morgan fingerprint density at radius 1 is 0.808 bits per heavy atom. The van der Waals surface area contributed by atoms with Gasteiger partial charge < -0.3 is 0 Å². The minimum Gasteiger partial charge on any atom is -0.278 e. The third-order valence-electron chi connectivity index (χ3n) is 3.28. The number of benzene rings is 1. The number of hydrogen-bond donors (Lipinski definition) is 2. The van der Waals surface area contributed by atoms with E-state index in [1.165, 1.54) is 6.21 Å². The maximum atomic E-state index is 12.0. The molecule has 3 aromatic rings. The molecular formula is C19H16N6O. The van der Waals surface area contributed by atoms with Crippen molar-refractivity contribution in [1.29, 1.82) is 0 Å². The molecule has 7 heteroatoms. The van der Waals surface area contributed by atoms with Crippen LogP contribution in [0, 0.1) is 0 Å². The number of nitrogens with zero attached hydrogens (tertiary/aromatic N) is 4. The average molecular weight is 344 g/mol. The van der Waals surface area contributed by atoms with E-state index in [0.717, 1.165) is 11.4 Å². The van der Waals surface area contributed by atoms with Crippen molar-refractivity contribution >= 4 is 24.0 Å². The minimum absolute atomic E-state index is 0.305. The van der Waals surface area contributed by atoms with E-state index in [4.69, 9.17) is 0 Å². The Morgan fingerprint density at radius 2 is 1.42 bits per heavy atom. The second-order valence-corrected chi connectivity index (χ2v) is 5.16. The molecule has 2 heterocycles. The lowest BCUT2D eigenvalue weighted by Crippen LogP contribution is -2.17. The molecule has 2 N–H and O–H groups in total. The summed E-state index contributed by atoms with van der Waals surface area (Å²) in [5.41, 5.74) is 8.01. The molecule has 0 radical (unpaired) electrons. The Morgan fingerprint density at radius 3 is 2.00 bits per heavy atom. The molecule has 3 rings (SSSR count). The highest BCUT2D eigenvalue weighted by atomic mass is 16.2. The van der Waals surface area contributed by atoms with Crippen molar-refractivity contribution < 1.29 is 4.79 Å². The smallest absolute Gasteiger partial charge is 0.271 e. The Bertz CT molecular complexity index is 892. The number of aromatic nitrogens is 2. The standard InChI is InChI=1S/C19H16N6O/c26-19(25-23-14-18-6-2-4-12-21-18)15-7-9-16(10-8-15)24-22-13-17-5-1-3-11-20-17/h1-14,24H,(H,25,26). The summed E-state index contributed by atoms with van der Waals surface area (Å²) in [5, 5.41) is 7.99. The Labute approximate surface area is 150 Å². The van der Waals surface area contributed by atoms with Crippen molar-refractivity contribution in [2.75, 3.05) is 5.43 Å². The van der Waals surface area contributed by atoms with Crippen LogP contribution in [0.3, 0.4) is 0 Å². The topological polar surface area (TPSA) is 91.6 Å². The van der Waals surface area contributed by atoms with Crippen molar-refractivity contribution in [1.82, 2.24) is 15.4 Å². The summed E-state index contributed by atoms with van der Waals surface area (Å²) < 4.78 is 0. The molecule has 0 aliphatic rings.